The Bertz CT molecular complexity index is 794. The fourth-order valence-corrected chi connectivity index (χ4v) is 2.48. The Morgan fingerprint density at radius 3 is 2.83 bits per heavy atom. The van der Waals surface area contributed by atoms with Gasteiger partial charge in [0, 0.05) is 18.0 Å². The first-order valence-corrected chi connectivity index (χ1v) is 7.76. The maximum absolute atomic E-state index is 13.0. The third-order valence-electron chi connectivity index (χ3n) is 3.80. The maximum Gasteiger partial charge on any atom is 0.255 e. The van der Waals surface area contributed by atoms with Crippen LogP contribution in [0.3, 0.4) is 0 Å². The van der Waals surface area contributed by atoms with Gasteiger partial charge in [-0.15, -0.1) is 0 Å². The van der Waals surface area contributed by atoms with E-state index in [0.717, 1.165) is 18.6 Å². The lowest BCUT2D eigenvalue weighted by Crippen LogP contribution is -2.33. The number of hydrogen-bond acceptors (Lipinski definition) is 3. The number of halogens is 1. The zero-order valence-corrected chi connectivity index (χ0v) is 13.3. The van der Waals surface area contributed by atoms with E-state index in [-0.39, 0.29) is 17.8 Å². The first-order valence-electron chi connectivity index (χ1n) is 7.76. The Hall–Kier alpha value is -2.89. The molecule has 124 valence electrons. The molecule has 3 rings (SSSR count). The van der Waals surface area contributed by atoms with Crippen LogP contribution in [-0.2, 0) is 6.42 Å². The molecule has 2 N–H and O–H groups in total. The Labute approximate surface area is 138 Å². The van der Waals surface area contributed by atoms with Gasteiger partial charge in [-0.1, -0.05) is 0 Å². The highest BCUT2D eigenvalue weighted by molar-refractivity contribution is 5.99. The molecule has 0 saturated carbocycles. The monoisotopic (exact) mass is 327 g/mol. The largest absolute Gasteiger partial charge is 0.469 e. The van der Waals surface area contributed by atoms with E-state index in [1.54, 1.807) is 18.4 Å². The first kappa shape index (κ1) is 16.0. The number of H-pyrrole nitrogens is 1. The highest BCUT2D eigenvalue weighted by Gasteiger charge is 2.17. The van der Waals surface area contributed by atoms with Crippen LogP contribution in [0.15, 0.2) is 53.3 Å². The lowest BCUT2D eigenvalue weighted by atomic mass is 10.1. The van der Waals surface area contributed by atoms with Gasteiger partial charge in [0.25, 0.3) is 5.91 Å². The van der Waals surface area contributed by atoms with Gasteiger partial charge in [-0.25, -0.2) is 4.39 Å². The van der Waals surface area contributed by atoms with Gasteiger partial charge in [0.15, 0.2) is 0 Å². The van der Waals surface area contributed by atoms with E-state index in [1.165, 1.54) is 18.3 Å². The highest BCUT2D eigenvalue weighted by Crippen LogP contribution is 2.21. The van der Waals surface area contributed by atoms with E-state index in [4.69, 9.17) is 4.42 Å². The Balaban J connectivity index is 1.65. The zero-order valence-electron chi connectivity index (χ0n) is 13.3. The second-order valence-electron chi connectivity index (χ2n) is 5.66. The molecular weight excluding hydrogens is 309 g/mol. The summed E-state index contributed by atoms with van der Waals surface area (Å²) in [4.78, 5) is 12.5. The number of furan rings is 1. The van der Waals surface area contributed by atoms with Crippen molar-refractivity contribution in [3.8, 4) is 11.3 Å². The SMILES string of the molecule is CC(CCc1ccco1)NC(=O)c1cn[nH]c1-c1ccc(F)cc1. The van der Waals surface area contributed by atoms with Crippen LogP contribution in [0.5, 0.6) is 0 Å². The summed E-state index contributed by atoms with van der Waals surface area (Å²) in [5.41, 5.74) is 1.72. The normalized spacial score (nSPS) is 12.1. The molecule has 6 heteroatoms. The average Bonchev–Trinajstić information content (AvgIpc) is 3.25. The third-order valence-corrected chi connectivity index (χ3v) is 3.80. The standard InChI is InChI=1S/C18H18FN3O2/c1-12(4-9-15-3-2-10-24-15)21-18(23)16-11-20-22-17(16)13-5-7-14(19)8-6-13/h2-3,5-8,10-12H,4,9H2,1H3,(H,20,22)(H,21,23). The summed E-state index contributed by atoms with van der Waals surface area (Å²) in [6, 6.07) is 9.67. The minimum atomic E-state index is -0.323. The van der Waals surface area contributed by atoms with Crippen LogP contribution in [0.4, 0.5) is 4.39 Å². The Morgan fingerprint density at radius 2 is 2.12 bits per heavy atom. The van der Waals surface area contributed by atoms with Crippen LogP contribution < -0.4 is 5.32 Å². The number of benzene rings is 1. The van der Waals surface area contributed by atoms with Crippen LogP contribution in [0.2, 0.25) is 0 Å². The van der Waals surface area contributed by atoms with E-state index < -0.39 is 0 Å². The fraction of sp³-hybridized carbons (Fsp3) is 0.222. The van der Waals surface area contributed by atoms with Crippen LogP contribution in [0.1, 0.15) is 29.5 Å². The molecule has 1 aromatic carbocycles. The highest BCUT2D eigenvalue weighted by atomic mass is 19.1. The number of rotatable bonds is 6. The average molecular weight is 327 g/mol. The van der Waals surface area contributed by atoms with E-state index in [9.17, 15) is 9.18 Å². The second-order valence-corrected chi connectivity index (χ2v) is 5.66. The number of carbonyl (C=O) groups is 1. The summed E-state index contributed by atoms with van der Waals surface area (Å²) in [5, 5.41) is 9.69. The molecule has 0 fully saturated rings. The quantitative estimate of drug-likeness (QED) is 0.727. The smallest absolute Gasteiger partial charge is 0.255 e. The molecule has 2 heterocycles. The van der Waals surface area contributed by atoms with Crippen molar-refractivity contribution < 1.29 is 13.6 Å². The molecular formula is C18H18FN3O2. The molecule has 0 saturated heterocycles. The molecule has 0 spiro atoms. The lowest BCUT2D eigenvalue weighted by molar-refractivity contribution is 0.0939. The van der Waals surface area contributed by atoms with Gasteiger partial charge in [0.1, 0.15) is 11.6 Å². The van der Waals surface area contributed by atoms with Crippen molar-refractivity contribution in [2.75, 3.05) is 0 Å². The van der Waals surface area contributed by atoms with Crippen molar-refractivity contribution in [2.45, 2.75) is 25.8 Å². The predicted molar refractivity (Wildman–Crippen MR) is 87.9 cm³/mol. The summed E-state index contributed by atoms with van der Waals surface area (Å²) in [6.07, 6.45) is 4.64. The van der Waals surface area contributed by atoms with Gasteiger partial charge in [-0.3, -0.25) is 9.89 Å². The van der Waals surface area contributed by atoms with Crippen molar-refractivity contribution in [3.63, 3.8) is 0 Å². The van der Waals surface area contributed by atoms with E-state index >= 15 is 0 Å². The molecule has 5 nitrogen and oxygen atoms in total. The van der Waals surface area contributed by atoms with E-state index in [2.05, 4.69) is 15.5 Å². The molecule has 3 aromatic rings. The van der Waals surface area contributed by atoms with Crippen LogP contribution in [0, 0.1) is 5.82 Å². The molecule has 24 heavy (non-hydrogen) atoms. The predicted octanol–water partition coefficient (Wildman–Crippen LogP) is 3.56. The third kappa shape index (κ3) is 3.71. The summed E-state index contributed by atoms with van der Waals surface area (Å²) in [7, 11) is 0. The van der Waals surface area contributed by atoms with Crippen molar-refractivity contribution in [1.29, 1.82) is 0 Å². The molecule has 0 aliphatic carbocycles. The molecule has 1 unspecified atom stereocenters. The zero-order chi connectivity index (χ0) is 16.9. The second kappa shape index (κ2) is 7.12. The summed E-state index contributed by atoms with van der Waals surface area (Å²) in [6.45, 7) is 1.94. The van der Waals surface area contributed by atoms with Gasteiger partial charge in [0.05, 0.1) is 23.7 Å². The number of hydrogen-bond donors (Lipinski definition) is 2. The molecule has 0 radical (unpaired) electrons. The Kier molecular flexibility index (Phi) is 4.74. The molecule has 0 aliphatic rings. The molecule has 0 bridgehead atoms. The van der Waals surface area contributed by atoms with Crippen LogP contribution in [0.25, 0.3) is 11.3 Å². The number of nitrogens with one attached hydrogen (secondary N) is 2. The number of carbonyl (C=O) groups excluding carboxylic acids is 1. The molecule has 1 atom stereocenters. The van der Waals surface area contributed by atoms with Crippen molar-refractivity contribution in [2.24, 2.45) is 0 Å². The number of aromatic amines is 1. The Morgan fingerprint density at radius 1 is 1.33 bits per heavy atom. The number of nitrogens with zero attached hydrogens (tertiary/aromatic N) is 1. The summed E-state index contributed by atoms with van der Waals surface area (Å²) < 4.78 is 18.3. The minimum absolute atomic E-state index is 0.0152. The van der Waals surface area contributed by atoms with Gasteiger partial charge in [-0.05, 0) is 49.7 Å². The van der Waals surface area contributed by atoms with Gasteiger partial charge < -0.3 is 9.73 Å². The summed E-state index contributed by atoms with van der Waals surface area (Å²) in [5.74, 6) is 0.359. The lowest BCUT2D eigenvalue weighted by Gasteiger charge is -2.13. The number of aryl methyl sites for hydroxylation is 1. The number of amides is 1. The van der Waals surface area contributed by atoms with Gasteiger partial charge >= 0.3 is 0 Å². The molecule has 1 amide bonds. The molecule has 2 aromatic heterocycles. The van der Waals surface area contributed by atoms with Crippen LogP contribution >= 0.6 is 0 Å². The number of aromatic nitrogens is 2. The summed E-state index contributed by atoms with van der Waals surface area (Å²) >= 11 is 0. The van der Waals surface area contributed by atoms with Crippen LogP contribution in [-0.4, -0.2) is 22.1 Å². The van der Waals surface area contributed by atoms with E-state index in [0.29, 0.717) is 16.8 Å². The topological polar surface area (TPSA) is 70.9 Å². The van der Waals surface area contributed by atoms with Gasteiger partial charge in [0.2, 0.25) is 0 Å². The van der Waals surface area contributed by atoms with Crippen molar-refractivity contribution in [1.82, 2.24) is 15.5 Å². The fourth-order valence-electron chi connectivity index (χ4n) is 2.48. The molecule has 0 aliphatic heterocycles. The van der Waals surface area contributed by atoms with E-state index in [1.807, 2.05) is 19.1 Å². The van der Waals surface area contributed by atoms with Gasteiger partial charge in [-0.2, -0.15) is 5.10 Å². The van der Waals surface area contributed by atoms with Crippen molar-refractivity contribution >= 4 is 5.91 Å². The first-order chi connectivity index (χ1) is 11.6. The van der Waals surface area contributed by atoms with Crippen molar-refractivity contribution in [3.05, 3.63) is 66.0 Å². The minimum Gasteiger partial charge on any atom is -0.469 e. The maximum atomic E-state index is 13.0.